The number of hydrazine groups is 1. The Balaban J connectivity index is 0.00000106. The Morgan fingerprint density at radius 2 is 0.876 bits per heavy atom. The van der Waals surface area contributed by atoms with E-state index < -0.39 is 0 Å². The molecule has 0 spiro atoms. The third-order valence-corrected chi connectivity index (χ3v) is 12.1. The first-order valence-corrected chi connectivity index (χ1v) is 31.6. The zero-order chi connectivity index (χ0) is 66.8. The van der Waals surface area contributed by atoms with Gasteiger partial charge in [-0.25, -0.2) is 34.8 Å². The smallest absolute Gasteiger partial charge is 0.298 e. The number of carbonyl (C=O) groups is 4. The average molecular weight is 1220 g/mol. The molecule has 2 aliphatic rings. The summed E-state index contributed by atoms with van der Waals surface area (Å²) in [5, 5.41) is 14.3. The number of ketones is 1. The summed E-state index contributed by atoms with van der Waals surface area (Å²) >= 11 is 0. The molecule has 2 amide bonds. The average Bonchev–Trinajstić information content (AvgIpc) is 3.94. The van der Waals surface area contributed by atoms with Crippen LogP contribution in [0.2, 0.25) is 0 Å². The molecule has 0 unspecified atom stereocenters. The molecule has 0 bridgehead atoms. The number of Topliss-reactive ketones (excluding diaryl/α,β-unsaturated/α-hetero) is 1. The topological polar surface area (TPSA) is 205 Å². The number of aromatic nitrogens is 9. The molecule has 18 heteroatoms. The van der Waals surface area contributed by atoms with Gasteiger partial charge in [-0.2, -0.15) is 5.10 Å². The molecule has 0 aliphatic carbocycles. The standard InChI is InChI=1S/C15H18N4O.C15H20N4.C12H13N3O.C9H12N2O.C7H6O2.C3H4.5C2H6/c1-2-19-14(12-8-4-3-5-9-12)16-13(17-19)15(20)18-10-6-7-11-18;1-2-19-15(13-8-4-3-5-9-13)16-14(17-19)12-18-10-6-7-11-18;1-3-15-12(10-7-5-4-6-8-10)13-11(14-15)9(2)16;1-2-11(10)9(12)8-6-4-3-5-7-8;8-6-9-7-4-2-1-3-5-7;1-3-2;5*1-2/h3-5,8-9H,2,6-7,10-11H2,1H3;3-5,8-9H,2,6-7,10-12H2,1H3;4-8H,3H2,1-2H3;3-7H,2,10H2,1H3;1-6H;1-2H2;5*1-2H3. The summed E-state index contributed by atoms with van der Waals surface area (Å²) in [6.45, 7) is 43.7. The molecule has 2 saturated heterocycles. The summed E-state index contributed by atoms with van der Waals surface area (Å²) < 4.78 is 10.1. The molecule has 0 atom stereocenters. The lowest BCUT2D eigenvalue weighted by Crippen LogP contribution is -2.36. The lowest BCUT2D eigenvalue weighted by molar-refractivity contribution is -0.120. The van der Waals surface area contributed by atoms with Crippen LogP contribution >= 0.6 is 0 Å². The molecule has 3 aromatic heterocycles. The Kier molecular flexibility index (Phi) is 45.0. The lowest BCUT2D eigenvalue weighted by atomic mass is 10.2. The van der Waals surface area contributed by atoms with Crippen molar-refractivity contribution in [2.24, 2.45) is 5.84 Å². The van der Waals surface area contributed by atoms with E-state index in [-0.39, 0.29) is 23.4 Å². The van der Waals surface area contributed by atoms with Gasteiger partial charge in [0.15, 0.2) is 29.1 Å². The molecule has 2 N–H and O–H groups in total. The van der Waals surface area contributed by atoms with Gasteiger partial charge in [0, 0.05) is 68.4 Å². The molecular formula is C71H103N13O5. The van der Waals surface area contributed by atoms with Gasteiger partial charge in [0.05, 0.1) is 6.54 Å². The Morgan fingerprint density at radius 3 is 1.26 bits per heavy atom. The van der Waals surface area contributed by atoms with E-state index in [9.17, 15) is 19.2 Å². The van der Waals surface area contributed by atoms with E-state index in [0.717, 1.165) is 79.0 Å². The highest BCUT2D eigenvalue weighted by atomic mass is 16.5. The van der Waals surface area contributed by atoms with Crippen molar-refractivity contribution in [3.8, 4) is 39.9 Å². The Hall–Kier alpha value is -8.96. The van der Waals surface area contributed by atoms with E-state index in [1.807, 2.05) is 203 Å². The number of aryl methyl sites for hydroxylation is 3. The van der Waals surface area contributed by atoms with Gasteiger partial charge in [0.2, 0.25) is 11.6 Å². The maximum absolute atomic E-state index is 12.3. The highest BCUT2D eigenvalue weighted by Crippen LogP contribution is 2.21. The molecule has 0 radical (unpaired) electrons. The van der Waals surface area contributed by atoms with Crippen LogP contribution < -0.4 is 10.6 Å². The highest BCUT2D eigenvalue weighted by molar-refractivity contribution is 5.93. The van der Waals surface area contributed by atoms with Crippen LogP contribution in [-0.2, 0) is 31.0 Å². The van der Waals surface area contributed by atoms with E-state index in [2.05, 4.69) is 72.8 Å². The van der Waals surface area contributed by atoms with Crippen molar-refractivity contribution in [1.29, 1.82) is 0 Å². The van der Waals surface area contributed by atoms with Gasteiger partial charge in [-0.05, 0) is 90.7 Å². The van der Waals surface area contributed by atoms with Crippen LogP contribution in [-0.4, -0.2) is 116 Å². The molecule has 2 fully saturated rings. The van der Waals surface area contributed by atoms with Crippen molar-refractivity contribution in [2.75, 3.05) is 32.7 Å². The molecule has 5 aromatic carbocycles. The largest absolute Gasteiger partial charge is 0.429 e. The molecule has 482 valence electrons. The maximum Gasteiger partial charge on any atom is 0.298 e. The number of para-hydroxylation sites is 1. The summed E-state index contributed by atoms with van der Waals surface area (Å²) in [4.78, 5) is 62.4. The van der Waals surface area contributed by atoms with E-state index in [1.54, 1.807) is 45.8 Å². The van der Waals surface area contributed by atoms with Crippen molar-refractivity contribution in [3.63, 3.8) is 0 Å². The maximum atomic E-state index is 12.3. The number of amides is 2. The second kappa shape index (κ2) is 50.1. The second-order valence-corrected chi connectivity index (χ2v) is 17.7. The fraction of sp³-hybridized carbons (Fsp3) is 0.394. The number of hydrogen-bond acceptors (Lipinski definition) is 13. The van der Waals surface area contributed by atoms with Crippen LogP contribution in [0.5, 0.6) is 5.75 Å². The molecule has 10 rings (SSSR count). The Bertz CT molecular complexity index is 3100. The van der Waals surface area contributed by atoms with Crippen LogP contribution in [0.3, 0.4) is 0 Å². The van der Waals surface area contributed by atoms with Gasteiger partial charge < -0.3 is 9.64 Å². The van der Waals surface area contributed by atoms with E-state index in [0.29, 0.717) is 43.2 Å². The second-order valence-electron chi connectivity index (χ2n) is 17.7. The SMILES string of the molecule is C=C=C.CC.CC.CC.CC.CC.CCN(N)C(=O)c1ccccc1.CCn1nc(C(=O)N2CCCC2)nc1-c1ccccc1.CCn1nc(C(C)=O)nc1-c1ccccc1.CCn1nc(CN2CCCC2)nc1-c1ccccc1.O=COc1ccccc1. The first-order chi connectivity index (χ1) is 43.5. The van der Waals surface area contributed by atoms with Crippen molar-refractivity contribution in [2.45, 2.75) is 156 Å². The van der Waals surface area contributed by atoms with Gasteiger partial charge in [-0.15, -0.1) is 15.9 Å². The zero-order valence-corrected chi connectivity index (χ0v) is 56.1. The van der Waals surface area contributed by atoms with Crippen LogP contribution in [0, 0.1) is 0 Å². The number of nitrogens with zero attached hydrogens (tertiary/aromatic N) is 12. The molecule has 18 nitrogen and oxygen atoms in total. The Labute approximate surface area is 532 Å². The first kappa shape index (κ1) is 80.0. The molecular weight excluding hydrogens is 1110 g/mol. The van der Waals surface area contributed by atoms with Crippen molar-refractivity contribution >= 4 is 24.1 Å². The van der Waals surface area contributed by atoms with Crippen LogP contribution in [0.25, 0.3) is 34.2 Å². The first-order valence-electron chi connectivity index (χ1n) is 31.6. The fourth-order valence-corrected chi connectivity index (χ4v) is 8.09. The summed E-state index contributed by atoms with van der Waals surface area (Å²) in [6.07, 6.45) is 4.76. The minimum Gasteiger partial charge on any atom is -0.429 e. The number of likely N-dealkylation sites (tertiary alicyclic amines) is 2. The predicted octanol–water partition coefficient (Wildman–Crippen LogP) is 15.3. The van der Waals surface area contributed by atoms with Crippen molar-refractivity contribution < 1.29 is 23.9 Å². The summed E-state index contributed by atoms with van der Waals surface area (Å²) in [5.41, 5.74) is 5.98. The normalized spacial score (nSPS) is 11.2. The number of hydrogen-bond donors (Lipinski definition) is 1. The number of nitrogens with two attached hydrogens (primary N) is 1. The van der Waals surface area contributed by atoms with Gasteiger partial charge in [0.25, 0.3) is 18.3 Å². The number of carbonyl (C=O) groups excluding carboxylic acids is 4. The number of benzene rings is 5. The fourth-order valence-electron chi connectivity index (χ4n) is 8.09. The van der Waals surface area contributed by atoms with Crippen molar-refractivity contribution in [1.82, 2.24) is 59.1 Å². The van der Waals surface area contributed by atoms with Gasteiger partial charge in [-0.1, -0.05) is 210 Å². The summed E-state index contributed by atoms with van der Waals surface area (Å²) in [5.74, 6) is 9.74. The van der Waals surface area contributed by atoms with Gasteiger partial charge in [0.1, 0.15) is 5.75 Å². The summed E-state index contributed by atoms with van der Waals surface area (Å²) in [7, 11) is 0. The third-order valence-electron chi connectivity index (χ3n) is 12.1. The molecule has 2 aliphatic heterocycles. The zero-order valence-electron chi connectivity index (χ0n) is 56.1. The number of ether oxygens (including phenoxy) is 1. The molecule has 89 heavy (non-hydrogen) atoms. The quantitative estimate of drug-likeness (QED) is 0.0269. The Morgan fingerprint density at radius 1 is 0.528 bits per heavy atom. The number of rotatable bonds is 14. The summed E-state index contributed by atoms with van der Waals surface area (Å²) in [6, 6.07) is 47.8. The molecule has 8 aromatic rings. The minimum atomic E-state index is -0.141. The van der Waals surface area contributed by atoms with Gasteiger partial charge >= 0.3 is 0 Å². The lowest BCUT2D eigenvalue weighted by Gasteiger charge is -2.13. The molecule has 5 heterocycles. The minimum absolute atomic E-state index is 0.0492. The highest BCUT2D eigenvalue weighted by Gasteiger charge is 2.25. The monoisotopic (exact) mass is 1220 g/mol. The van der Waals surface area contributed by atoms with E-state index in [1.165, 1.54) is 37.9 Å². The third kappa shape index (κ3) is 28.6. The predicted molar refractivity (Wildman–Crippen MR) is 365 cm³/mol. The van der Waals surface area contributed by atoms with Gasteiger partial charge in [-0.3, -0.25) is 29.1 Å². The van der Waals surface area contributed by atoms with Crippen molar-refractivity contribution in [3.05, 3.63) is 194 Å². The van der Waals surface area contributed by atoms with Crippen LogP contribution in [0.1, 0.15) is 167 Å². The van der Waals surface area contributed by atoms with Crippen LogP contribution in [0.4, 0.5) is 0 Å². The molecule has 0 saturated carbocycles. The van der Waals surface area contributed by atoms with E-state index >= 15 is 0 Å². The van der Waals surface area contributed by atoms with Crippen LogP contribution in [0.15, 0.2) is 171 Å². The van der Waals surface area contributed by atoms with E-state index in [4.69, 9.17) is 10.8 Å².